The molecule has 2 aromatic rings. The second kappa shape index (κ2) is 4.02. The highest BCUT2D eigenvalue weighted by Crippen LogP contribution is 2.13. The number of halogens is 1. The molecule has 0 bridgehead atoms. The topological polar surface area (TPSA) is 60.9 Å². The van der Waals surface area contributed by atoms with E-state index in [0.717, 1.165) is 0 Å². The molecule has 0 radical (unpaired) electrons. The van der Waals surface area contributed by atoms with Gasteiger partial charge < -0.3 is 5.73 Å². The third kappa shape index (κ3) is 1.74. The van der Waals surface area contributed by atoms with Crippen LogP contribution in [0.2, 0.25) is 0 Å². The highest BCUT2D eigenvalue weighted by molar-refractivity contribution is 9.09. The fourth-order valence-electron chi connectivity index (χ4n) is 1.49. The quantitative estimate of drug-likeness (QED) is 0.837. The van der Waals surface area contributed by atoms with Gasteiger partial charge in [0.1, 0.15) is 0 Å². The van der Waals surface area contributed by atoms with E-state index in [1.165, 1.54) is 4.68 Å². The highest BCUT2D eigenvalue weighted by Gasteiger charge is 2.06. The van der Waals surface area contributed by atoms with Crippen LogP contribution in [0.4, 0.5) is 5.82 Å². The van der Waals surface area contributed by atoms with Crippen LogP contribution in [-0.2, 0) is 6.54 Å². The number of nitrogen functional groups attached to an aromatic ring is 1. The molecule has 1 heterocycles. The van der Waals surface area contributed by atoms with Crippen molar-refractivity contribution in [2.75, 3.05) is 11.1 Å². The normalized spacial score (nSPS) is 10.7. The van der Waals surface area contributed by atoms with Gasteiger partial charge in [-0.2, -0.15) is 5.10 Å². The van der Waals surface area contributed by atoms with Crippen LogP contribution in [0, 0.1) is 0 Å². The molecule has 5 heteroatoms. The van der Waals surface area contributed by atoms with E-state index in [2.05, 4.69) is 21.0 Å². The Labute approximate surface area is 94.8 Å². The van der Waals surface area contributed by atoms with Gasteiger partial charge in [-0.25, -0.2) is 4.68 Å². The summed E-state index contributed by atoms with van der Waals surface area (Å²) in [6.07, 6.45) is 0. The zero-order valence-corrected chi connectivity index (χ0v) is 9.57. The molecule has 0 fully saturated rings. The van der Waals surface area contributed by atoms with E-state index < -0.39 is 0 Å². The van der Waals surface area contributed by atoms with Gasteiger partial charge in [0, 0.05) is 10.7 Å². The molecule has 4 nitrogen and oxygen atoms in total. The van der Waals surface area contributed by atoms with Crippen LogP contribution < -0.4 is 11.3 Å². The standard InChI is InChI=1S/C10H10BrN3O/c11-5-6-14-10(15)8-4-2-1-3-7(8)9(12)13-14/h1-4H,5-6H2,(H2,12,13). The number of aromatic nitrogens is 2. The number of rotatable bonds is 2. The maximum Gasteiger partial charge on any atom is 0.274 e. The minimum atomic E-state index is -0.0979. The Balaban J connectivity index is 2.79. The van der Waals surface area contributed by atoms with Crippen LogP contribution in [0.15, 0.2) is 29.1 Å². The summed E-state index contributed by atoms with van der Waals surface area (Å²) in [5.41, 5.74) is 5.67. The number of nitrogens with two attached hydrogens (primary N) is 1. The maximum absolute atomic E-state index is 11.9. The molecule has 15 heavy (non-hydrogen) atoms. The largest absolute Gasteiger partial charge is 0.382 e. The predicted molar refractivity (Wildman–Crippen MR) is 64.2 cm³/mol. The van der Waals surface area contributed by atoms with E-state index in [-0.39, 0.29) is 5.56 Å². The molecule has 0 unspecified atom stereocenters. The summed E-state index contributed by atoms with van der Waals surface area (Å²) in [4.78, 5) is 11.9. The van der Waals surface area contributed by atoms with E-state index in [9.17, 15) is 4.79 Å². The van der Waals surface area contributed by atoms with Gasteiger partial charge in [-0.15, -0.1) is 0 Å². The van der Waals surface area contributed by atoms with E-state index in [1.807, 2.05) is 12.1 Å². The number of hydrogen-bond acceptors (Lipinski definition) is 3. The second-order valence-electron chi connectivity index (χ2n) is 3.15. The van der Waals surface area contributed by atoms with Gasteiger partial charge in [-0.05, 0) is 6.07 Å². The first-order chi connectivity index (χ1) is 7.24. The summed E-state index contributed by atoms with van der Waals surface area (Å²) in [6, 6.07) is 7.23. The van der Waals surface area contributed by atoms with E-state index in [0.29, 0.717) is 28.5 Å². The molecule has 0 saturated carbocycles. The average molecular weight is 268 g/mol. The van der Waals surface area contributed by atoms with Crippen molar-refractivity contribution >= 4 is 32.5 Å². The van der Waals surface area contributed by atoms with Gasteiger partial charge in [0.15, 0.2) is 5.82 Å². The first-order valence-corrected chi connectivity index (χ1v) is 5.67. The Morgan fingerprint density at radius 3 is 2.67 bits per heavy atom. The fraction of sp³-hybridized carbons (Fsp3) is 0.200. The second-order valence-corrected chi connectivity index (χ2v) is 3.94. The molecule has 0 aliphatic rings. The number of benzene rings is 1. The summed E-state index contributed by atoms with van der Waals surface area (Å²) in [5, 5.41) is 6.05. The third-order valence-corrected chi connectivity index (χ3v) is 2.55. The SMILES string of the molecule is Nc1nn(CCBr)c(=O)c2ccccc12. The van der Waals surface area contributed by atoms with Crippen molar-refractivity contribution in [3.63, 3.8) is 0 Å². The molecule has 78 valence electrons. The van der Waals surface area contributed by atoms with Gasteiger partial charge in [0.2, 0.25) is 0 Å². The molecule has 2 rings (SSSR count). The minimum Gasteiger partial charge on any atom is -0.382 e. The molecule has 0 aliphatic carbocycles. The molecule has 0 amide bonds. The number of anilines is 1. The Morgan fingerprint density at radius 1 is 1.33 bits per heavy atom. The monoisotopic (exact) mass is 267 g/mol. The van der Waals surface area contributed by atoms with Crippen molar-refractivity contribution in [2.45, 2.75) is 6.54 Å². The van der Waals surface area contributed by atoms with Crippen LogP contribution in [-0.4, -0.2) is 15.1 Å². The van der Waals surface area contributed by atoms with Crippen LogP contribution in [0.1, 0.15) is 0 Å². The van der Waals surface area contributed by atoms with Gasteiger partial charge in [-0.3, -0.25) is 4.79 Å². The minimum absolute atomic E-state index is 0.0979. The van der Waals surface area contributed by atoms with Crippen LogP contribution in [0.25, 0.3) is 10.8 Å². The molecule has 0 aliphatic heterocycles. The van der Waals surface area contributed by atoms with E-state index in [4.69, 9.17) is 5.73 Å². The van der Waals surface area contributed by atoms with Crippen LogP contribution in [0.5, 0.6) is 0 Å². The lowest BCUT2D eigenvalue weighted by molar-refractivity contribution is 0.636. The number of alkyl halides is 1. The summed E-state index contributed by atoms with van der Waals surface area (Å²) < 4.78 is 1.38. The van der Waals surface area contributed by atoms with Crippen molar-refractivity contribution in [2.24, 2.45) is 0 Å². The molecular formula is C10H10BrN3O. The highest BCUT2D eigenvalue weighted by atomic mass is 79.9. The zero-order chi connectivity index (χ0) is 10.8. The molecule has 0 spiro atoms. The lowest BCUT2D eigenvalue weighted by Crippen LogP contribution is -2.24. The first kappa shape index (κ1) is 10.2. The lowest BCUT2D eigenvalue weighted by Gasteiger charge is -2.06. The molecular weight excluding hydrogens is 258 g/mol. The summed E-state index contributed by atoms with van der Waals surface area (Å²) in [6.45, 7) is 0.522. The van der Waals surface area contributed by atoms with Gasteiger partial charge in [0.05, 0.1) is 11.9 Å². The third-order valence-electron chi connectivity index (χ3n) is 2.19. The fourth-order valence-corrected chi connectivity index (χ4v) is 1.83. The molecule has 2 N–H and O–H groups in total. The van der Waals surface area contributed by atoms with Crippen LogP contribution in [0.3, 0.4) is 0 Å². The molecule has 1 aromatic heterocycles. The van der Waals surface area contributed by atoms with Crippen molar-refractivity contribution in [1.29, 1.82) is 0 Å². The van der Waals surface area contributed by atoms with Crippen LogP contribution >= 0.6 is 15.9 Å². The smallest absolute Gasteiger partial charge is 0.274 e. The van der Waals surface area contributed by atoms with Gasteiger partial charge >= 0.3 is 0 Å². The Morgan fingerprint density at radius 2 is 2.00 bits per heavy atom. The number of hydrogen-bond donors (Lipinski definition) is 1. The van der Waals surface area contributed by atoms with E-state index in [1.54, 1.807) is 12.1 Å². The molecule has 0 atom stereocenters. The van der Waals surface area contributed by atoms with Gasteiger partial charge in [0.25, 0.3) is 5.56 Å². The van der Waals surface area contributed by atoms with Gasteiger partial charge in [-0.1, -0.05) is 34.1 Å². The lowest BCUT2D eigenvalue weighted by atomic mass is 10.2. The predicted octanol–water partition coefficient (Wildman–Crippen LogP) is 1.37. The summed E-state index contributed by atoms with van der Waals surface area (Å²) >= 11 is 3.27. The summed E-state index contributed by atoms with van der Waals surface area (Å²) in [5.74, 6) is 0.395. The Bertz CT molecular complexity index is 550. The summed E-state index contributed by atoms with van der Waals surface area (Å²) in [7, 11) is 0. The number of fused-ring (bicyclic) bond motifs is 1. The van der Waals surface area contributed by atoms with Crippen molar-refractivity contribution in [3.8, 4) is 0 Å². The molecule has 1 aromatic carbocycles. The Kier molecular flexibility index (Phi) is 2.73. The average Bonchev–Trinajstić information content (AvgIpc) is 2.26. The number of nitrogens with zero attached hydrogens (tertiary/aromatic N) is 2. The van der Waals surface area contributed by atoms with E-state index >= 15 is 0 Å². The van der Waals surface area contributed by atoms with Crippen molar-refractivity contribution in [1.82, 2.24) is 9.78 Å². The zero-order valence-electron chi connectivity index (χ0n) is 7.98. The number of aryl methyl sites for hydroxylation is 1. The molecule has 0 saturated heterocycles. The Hall–Kier alpha value is -1.36. The first-order valence-electron chi connectivity index (χ1n) is 4.55. The maximum atomic E-state index is 11.9. The van der Waals surface area contributed by atoms with Crippen molar-refractivity contribution in [3.05, 3.63) is 34.6 Å². The van der Waals surface area contributed by atoms with Crippen molar-refractivity contribution < 1.29 is 0 Å².